The number of benzene rings is 1. The largest absolute Gasteiger partial charge is 0.381 e. The molecule has 0 atom stereocenters. The Balaban J connectivity index is 1.47. The topological polar surface area (TPSA) is 58.6 Å². The van der Waals surface area contributed by atoms with Gasteiger partial charge in [0.05, 0.1) is 6.54 Å². The summed E-state index contributed by atoms with van der Waals surface area (Å²) < 4.78 is 6.32. The van der Waals surface area contributed by atoms with Crippen LogP contribution < -0.4 is 5.32 Å². The van der Waals surface area contributed by atoms with Gasteiger partial charge in [-0.2, -0.15) is 0 Å². The van der Waals surface area contributed by atoms with E-state index in [9.17, 15) is 9.59 Å². The smallest absolute Gasteiger partial charge is 0.254 e. The Morgan fingerprint density at radius 3 is 2.79 bits per heavy atom. The van der Waals surface area contributed by atoms with Crippen LogP contribution in [0.4, 0.5) is 0 Å². The average molecular weight is 393 g/mol. The molecule has 1 aliphatic carbocycles. The molecule has 5 nitrogen and oxygen atoms in total. The Morgan fingerprint density at radius 1 is 1.33 bits per heavy atom. The van der Waals surface area contributed by atoms with Gasteiger partial charge < -0.3 is 15.0 Å². The van der Waals surface area contributed by atoms with E-state index < -0.39 is 0 Å². The molecule has 0 bridgehead atoms. The first-order chi connectivity index (χ1) is 11.6. The Hall–Kier alpha value is -1.40. The van der Waals surface area contributed by atoms with Crippen molar-refractivity contribution in [2.24, 2.45) is 0 Å². The van der Waals surface area contributed by atoms with Crippen molar-refractivity contribution in [3.8, 4) is 0 Å². The highest BCUT2D eigenvalue weighted by Gasteiger charge is 2.51. The highest BCUT2D eigenvalue weighted by Crippen LogP contribution is 2.52. The maximum Gasteiger partial charge on any atom is 0.254 e. The lowest BCUT2D eigenvalue weighted by atomic mass is 9.86. The zero-order valence-corrected chi connectivity index (χ0v) is 15.1. The Bertz CT molecular complexity index is 681. The molecular formula is C18H21BrN2O3. The minimum absolute atomic E-state index is 0.0304. The van der Waals surface area contributed by atoms with Crippen molar-refractivity contribution in [2.75, 3.05) is 26.3 Å². The number of halogens is 1. The second-order valence-electron chi connectivity index (χ2n) is 7.09. The first-order valence-corrected chi connectivity index (χ1v) is 9.33. The summed E-state index contributed by atoms with van der Waals surface area (Å²) in [4.78, 5) is 26.9. The molecule has 0 aromatic heterocycles. The SMILES string of the molecule is O=C(CN1CC2(CC2)c2cc(Br)ccc2C1=O)NC1CCOCC1. The number of amides is 2. The lowest BCUT2D eigenvalue weighted by Gasteiger charge is -2.35. The molecular weight excluding hydrogens is 372 g/mol. The van der Waals surface area contributed by atoms with Gasteiger partial charge in [0.25, 0.3) is 5.91 Å². The fraction of sp³-hybridized carbons (Fsp3) is 0.556. The zero-order valence-electron chi connectivity index (χ0n) is 13.5. The summed E-state index contributed by atoms with van der Waals surface area (Å²) in [6.07, 6.45) is 3.87. The van der Waals surface area contributed by atoms with Crippen LogP contribution in [0.1, 0.15) is 41.6 Å². The number of rotatable bonds is 3. The van der Waals surface area contributed by atoms with Crippen LogP contribution in [-0.2, 0) is 14.9 Å². The predicted molar refractivity (Wildman–Crippen MR) is 92.9 cm³/mol. The Labute approximate surface area is 149 Å². The van der Waals surface area contributed by atoms with Crippen LogP contribution in [0, 0.1) is 0 Å². The third-order valence-electron chi connectivity index (χ3n) is 5.34. The van der Waals surface area contributed by atoms with Crippen molar-refractivity contribution in [1.29, 1.82) is 0 Å². The maximum absolute atomic E-state index is 12.8. The minimum Gasteiger partial charge on any atom is -0.381 e. The molecule has 3 aliphatic rings. The third kappa shape index (κ3) is 2.97. The van der Waals surface area contributed by atoms with Crippen LogP contribution in [0.3, 0.4) is 0 Å². The van der Waals surface area contributed by atoms with Crippen LogP contribution in [0.2, 0.25) is 0 Å². The highest BCUT2D eigenvalue weighted by molar-refractivity contribution is 9.10. The summed E-state index contributed by atoms with van der Waals surface area (Å²) >= 11 is 3.50. The molecule has 128 valence electrons. The Kier molecular flexibility index (Phi) is 4.12. The number of hydrogen-bond donors (Lipinski definition) is 1. The first kappa shape index (κ1) is 16.1. The fourth-order valence-corrected chi connectivity index (χ4v) is 4.19. The second kappa shape index (κ2) is 6.15. The summed E-state index contributed by atoms with van der Waals surface area (Å²) in [5.74, 6) is -0.0937. The molecule has 1 aromatic carbocycles. The lowest BCUT2D eigenvalue weighted by molar-refractivity contribution is -0.123. The number of hydrogen-bond acceptors (Lipinski definition) is 3. The molecule has 2 heterocycles. The fourth-order valence-electron chi connectivity index (χ4n) is 3.83. The first-order valence-electron chi connectivity index (χ1n) is 8.54. The number of carbonyl (C=O) groups excluding carboxylic acids is 2. The van der Waals surface area contributed by atoms with E-state index in [2.05, 4.69) is 27.3 Å². The molecule has 1 N–H and O–H groups in total. The van der Waals surface area contributed by atoms with Gasteiger partial charge in [-0.05, 0) is 49.4 Å². The standard InChI is InChI=1S/C18H21BrN2O3/c19-12-1-2-14-15(9-12)18(5-6-18)11-21(17(14)23)10-16(22)20-13-3-7-24-8-4-13/h1-2,9,13H,3-8,10-11H2,(H,20,22). The van der Waals surface area contributed by atoms with Gasteiger partial charge in [0.15, 0.2) is 0 Å². The molecule has 1 saturated carbocycles. The van der Waals surface area contributed by atoms with Crippen LogP contribution >= 0.6 is 15.9 Å². The van der Waals surface area contributed by atoms with E-state index in [0.29, 0.717) is 19.8 Å². The van der Waals surface area contributed by atoms with E-state index in [1.807, 2.05) is 12.1 Å². The van der Waals surface area contributed by atoms with Crippen LogP contribution in [0.5, 0.6) is 0 Å². The lowest BCUT2D eigenvalue weighted by Crippen LogP contribution is -2.50. The van der Waals surface area contributed by atoms with Gasteiger partial charge in [0, 0.05) is 41.3 Å². The Morgan fingerprint density at radius 2 is 2.08 bits per heavy atom. The molecule has 4 rings (SSSR count). The van der Waals surface area contributed by atoms with Crippen molar-refractivity contribution in [3.63, 3.8) is 0 Å². The molecule has 2 amide bonds. The number of nitrogens with zero attached hydrogens (tertiary/aromatic N) is 1. The molecule has 0 radical (unpaired) electrons. The van der Waals surface area contributed by atoms with Gasteiger partial charge in [-0.25, -0.2) is 0 Å². The predicted octanol–water partition coefficient (Wildman–Crippen LogP) is 2.23. The second-order valence-corrected chi connectivity index (χ2v) is 8.00. The van der Waals surface area contributed by atoms with Gasteiger partial charge in [-0.15, -0.1) is 0 Å². The molecule has 0 unspecified atom stereocenters. The van der Waals surface area contributed by atoms with Crippen molar-refractivity contribution < 1.29 is 14.3 Å². The minimum atomic E-state index is -0.0633. The zero-order chi connectivity index (χ0) is 16.7. The molecule has 6 heteroatoms. The summed E-state index contributed by atoms with van der Waals surface area (Å²) in [6.45, 7) is 2.18. The molecule has 2 fully saturated rings. The quantitative estimate of drug-likeness (QED) is 0.857. The van der Waals surface area contributed by atoms with E-state index in [1.54, 1.807) is 4.90 Å². The van der Waals surface area contributed by atoms with Crippen LogP contribution in [0.15, 0.2) is 22.7 Å². The average Bonchev–Trinajstić information content (AvgIpc) is 3.34. The van der Waals surface area contributed by atoms with Crippen molar-refractivity contribution >= 4 is 27.7 Å². The normalized spacial score (nSPS) is 22.4. The van der Waals surface area contributed by atoms with Crippen LogP contribution in [-0.4, -0.2) is 49.1 Å². The van der Waals surface area contributed by atoms with Crippen molar-refractivity contribution in [3.05, 3.63) is 33.8 Å². The third-order valence-corrected chi connectivity index (χ3v) is 5.83. The van der Waals surface area contributed by atoms with E-state index in [-0.39, 0.29) is 29.8 Å². The van der Waals surface area contributed by atoms with E-state index >= 15 is 0 Å². The molecule has 1 aromatic rings. The van der Waals surface area contributed by atoms with Gasteiger partial charge in [0.2, 0.25) is 5.91 Å². The monoisotopic (exact) mass is 392 g/mol. The number of fused-ring (bicyclic) bond motifs is 2. The molecule has 1 saturated heterocycles. The van der Waals surface area contributed by atoms with Crippen LogP contribution in [0.25, 0.3) is 0 Å². The van der Waals surface area contributed by atoms with E-state index in [1.165, 1.54) is 0 Å². The number of carbonyl (C=O) groups is 2. The van der Waals surface area contributed by atoms with Crippen molar-refractivity contribution in [2.45, 2.75) is 37.1 Å². The van der Waals surface area contributed by atoms with E-state index in [0.717, 1.165) is 41.3 Å². The molecule has 2 aliphatic heterocycles. The van der Waals surface area contributed by atoms with Gasteiger partial charge in [-0.1, -0.05) is 15.9 Å². The molecule has 24 heavy (non-hydrogen) atoms. The number of ether oxygens (including phenoxy) is 1. The summed E-state index contributed by atoms with van der Waals surface area (Å²) in [5.41, 5.74) is 1.95. The van der Waals surface area contributed by atoms with E-state index in [4.69, 9.17) is 4.74 Å². The van der Waals surface area contributed by atoms with Gasteiger partial charge in [0.1, 0.15) is 0 Å². The molecule has 1 spiro atoms. The summed E-state index contributed by atoms with van der Waals surface area (Å²) in [5, 5.41) is 3.05. The highest BCUT2D eigenvalue weighted by atomic mass is 79.9. The number of nitrogens with one attached hydrogen (secondary N) is 1. The summed E-state index contributed by atoms with van der Waals surface area (Å²) in [6, 6.07) is 6.02. The van der Waals surface area contributed by atoms with Crippen molar-refractivity contribution in [1.82, 2.24) is 10.2 Å². The van der Waals surface area contributed by atoms with Gasteiger partial charge in [-0.3, -0.25) is 9.59 Å². The maximum atomic E-state index is 12.8. The summed E-state index contributed by atoms with van der Waals surface area (Å²) in [7, 11) is 0. The van der Waals surface area contributed by atoms with Gasteiger partial charge >= 0.3 is 0 Å².